The number of carbonyl (C=O) groups is 1. The first-order chi connectivity index (χ1) is 11.5. The molecule has 24 heavy (non-hydrogen) atoms. The van der Waals surface area contributed by atoms with Crippen molar-refractivity contribution in [3.05, 3.63) is 59.1 Å². The van der Waals surface area contributed by atoms with Crippen molar-refractivity contribution in [2.45, 2.75) is 19.9 Å². The summed E-state index contributed by atoms with van der Waals surface area (Å²) in [5.74, 6) is 0.800. The predicted molar refractivity (Wildman–Crippen MR) is 98.7 cm³/mol. The van der Waals surface area contributed by atoms with Crippen LogP contribution < -0.4 is 15.4 Å². The second kappa shape index (κ2) is 8.71. The van der Waals surface area contributed by atoms with Crippen LogP contribution in [0.4, 0.5) is 5.69 Å². The Labute approximate surface area is 148 Å². The SMILES string of the molecule is COc1ccc(Cl)cc1NC(=O)CN[C@H](c1ccccc1)C(C)C. The number of hydrogen-bond donors (Lipinski definition) is 2. The second-order valence-electron chi connectivity index (χ2n) is 5.91. The maximum Gasteiger partial charge on any atom is 0.238 e. The molecule has 0 radical (unpaired) electrons. The number of rotatable bonds is 7. The average Bonchev–Trinajstić information content (AvgIpc) is 2.56. The number of halogens is 1. The Kier molecular flexibility index (Phi) is 6.64. The Balaban J connectivity index is 2.00. The van der Waals surface area contributed by atoms with Crippen molar-refractivity contribution in [3.63, 3.8) is 0 Å². The topological polar surface area (TPSA) is 50.4 Å². The second-order valence-corrected chi connectivity index (χ2v) is 6.34. The van der Waals surface area contributed by atoms with Gasteiger partial charge in [-0.15, -0.1) is 0 Å². The number of benzene rings is 2. The van der Waals surface area contributed by atoms with E-state index in [1.54, 1.807) is 25.3 Å². The van der Waals surface area contributed by atoms with E-state index in [4.69, 9.17) is 16.3 Å². The zero-order valence-electron chi connectivity index (χ0n) is 14.2. The lowest BCUT2D eigenvalue weighted by atomic mass is 9.96. The molecule has 0 aliphatic heterocycles. The Morgan fingerprint density at radius 3 is 2.50 bits per heavy atom. The van der Waals surface area contributed by atoms with Gasteiger partial charge in [0.15, 0.2) is 0 Å². The Morgan fingerprint density at radius 1 is 1.17 bits per heavy atom. The first kappa shape index (κ1) is 18.3. The van der Waals surface area contributed by atoms with Crippen LogP contribution in [0.1, 0.15) is 25.5 Å². The highest BCUT2D eigenvalue weighted by Gasteiger charge is 2.16. The van der Waals surface area contributed by atoms with Crippen molar-refractivity contribution in [3.8, 4) is 5.75 Å². The summed E-state index contributed by atoms with van der Waals surface area (Å²) in [6, 6.07) is 15.4. The van der Waals surface area contributed by atoms with E-state index < -0.39 is 0 Å². The van der Waals surface area contributed by atoms with E-state index in [1.807, 2.05) is 18.2 Å². The third-order valence-electron chi connectivity index (χ3n) is 3.74. The minimum absolute atomic E-state index is 0.109. The van der Waals surface area contributed by atoms with Crippen LogP contribution in [0.5, 0.6) is 5.75 Å². The van der Waals surface area contributed by atoms with Crippen LogP contribution in [0.2, 0.25) is 5.02 Å². The fourth-order valence-electron chi connectivity index (χ4n) is 2.57. The molecule has 0 unspecified atom stereocenters. The van der Waals surface area contributed by atoms with Gasteiger partial charge >= 0.3 is 0 Å². The summed E-state index contributed by atoms with van der Waals surface area (Å²) in [7, 11) is 1.56. The van der Waals surface area contributed by atoms with Gasteiger partial charge in [0.2, 0.25) is 5.91 Å². The summed E-state index contributed by atoms with van der Waals surface area (Å²) in [4.78, 5) is 12.3. The van der Waals surface area contributed by atoms with Crippen molar-refractivity contribution in [1.82, 2.24) is 5.32 Å². The molecule has 0 saturated heterocycles. The van der Waals surface area contributed by atoms with Crippen LogP contribution in [0, 0.1) is 5.92 Å². The first-order valence-corrected chi connectivity index (χ1v) is 8.30. The van der Waals surface area contributed by atoms with E-state index in [1.165, 1.54) is 5.56 Å². The lowest BCUT2D eigenvalue weighted by molar-refractivity contribution is -0.115. The van der Waals surface area contributed by atoms with Gasteiger partial charge in [0, 0.05) is 11.1 Å². The molecule has 5 heteroatoms. The number of nitrogens with one attached hydrogen (secondary N) is 2. The van der Waals surface area contributed by atoms with Crippen molar-refractivity contribution in [2.75, 3.05) is 19.0 Å². The summed E-state index contributed by atoms with van der Waals surface area (Å²) in [5.41, 5.74) is 1.73. The molecule has 2 rings (SSSR count). The van der Waals surface area contributed by atoms with E-state index in [-0.39, 0.29) is 18.5 Å². The zero-order chi connectivity index (χ0) is 17.5. The van der Waals surface area contributed by atoms with Crippen LogP contribution in [0.3, 0.4) is 0 Å². The van der Waals surface area contributed by atoms with Crippen LogP contribution in [-0.4, -0.2) is 19.6 Å². The van der Waals surface area contributed by atoms with E-state index in [0.29, 0.717) is 22.4 Å². The third kappa shape index (κ3) is 4.98. The van der Waals surface area contributed by atoms with Gasteiger partial charge in [-0.2, -0.15) is 0 Å². The van der Waals surface area contributed by atoms with Crippen molar-refractivity contribution >= 4 is 23.2 Å². The highest BCUT2D eigenvalue weighted by molar-refractivity contribution is 6.31. The van der Waals surface area contributed by atoms with Gasteiger partial charge in [-0.3, -0.25) is 4.79 Å². The lowest BCUT2D eigenvalue weighted by Crippen LogP contribution is -2.33. The molecule has 0 spiro atoms. The number of anilines is 1. The Morgan fingerprint density at radius 2 is 1.88 bits per heavy atom. The van der Waals surface area contributed by atoms with Crippen molar-refractivity contribution in [1.29, 1.82) is 0 Å². The molecule has 2 aromatic rings. The molecule has 0 fully saturated rings. The molecule has 2 N–H and O–H groups in total. The fraction of sp³-hybridized carbons (Fsp3) is 0.316. The molecule has 0 aliphatic carbocycles. The van der Waals surface area contributed by atoms with E-state index >= 15 is 0 Å². The highest BCUT2D eigenvalue weighted by Crippen LogP contribution is 2.27. The van der Waals surface area contributed by atoms with Crippen LogP contribution in [0.25, 0.3) is 0 Å². The van der Waals surface area contributed by atoms with Gasteiger partial charge in [-0.1, -0.05) is 55.8 Å². The molecule has 0 bridgehead atoms. The molecule has 0 heterocycles. The average molecular weight is 347 g/mol. The lowest BCUT2D eigenvalue weighted by Gasteiger charge is -2.23. The third-order valence-corrected chi connectivity index (χ3v) is 3.98. The highest BCUT2D eigenvalue weighted by atomic mass is 35.5. The molecule has 1 amide bonds. The molecular formula is C19H23ClN2O2. The largest absolute Gasteiger partial charge is 0.495 e. The van der Waals surface area contributed by atoms with Crippen LogP contribution >= 0.6 is 11.6 Å². The Bertz CT molecular complexity index is 674. The fourth-order valence-corrected chi connectivity index (χ4v) is 2.75. The van der Waals surface area contributed by atoms with Crippen LogP contribution in [0.15, 0.2) is 48.5 Å². The standard InChI is InChI=1S/C19H23ClN2O2/c1-13(2)19(14-7-5-4-6-8-14)21-12-18(23)22-16-11-15(20)9-10-17(16)24-3/h4-11,13,19,21H,12H2,1-3H3,(H,22,23)/t19-/m0/s1. The number of amides is 1. The van der Waals surface area contributed by atoms with Gasteiger partial charge in [0.25, 0.3) is 0 Å². The van der Waals surface area contributed by atoms with E-state index in [2.05, 4.69) is 36.6 Å². The molecule has 1 atom stereocenters. The van der Waals surface area contributed by atoms with Crippen molar-refractivity contribution in [2.24, 2.45) is 5.92 Å². The van der Waals surface area contributed by atoms with Gasteiger partial charge in [-0.25, -0.2) is 0 Å². The molecule has 0 saturated carbocycles. The van der Waals surface area contributed by atoms with Crippen molar-refractivity contribution < 1.29 is 9.53 Å². The summed E-state index contributed by atoms with van der Waals surface area (Å²) < 4.78 is 5.24. The monoisotopic (exact) mass is 346 g/mol. The first-order valence-electron chi connectivity index (χ1n) is 7.93. The Hall–Kier alpha value is -2.04. The minimum atomic E-state index is -0.142. The van der Waals surface area contributed by atoms with Gasteiger partial charge in [-0.05, 0) is 29.7 Å². The number of ether oxygens (including phenoxy) is 1. The number of carbonyl (C=O) groups excluding carboxylic acids is 1. The van der Waals surface area contributed by atoms with Crippen LogP contribution in [-0.2, 0) is 4.79 Å². The van der Waals surface area contributed by atoms with Gasteiger partial charge in [0.05, 0.1) is 19.3 Å². The zero-order valence-corrected chi connectivity index (χ0v) is 14.9. The predicted octanol–water partition coefficient (Wildman–Crippen LogP) is 4.27. The molecule has 4 nitrogen and oxygen atoms in total. The van der Waals surface area contributed by atoms with Gasteiger partial charge < -0.3 is 15.4 Å². The maximum atomic E-state index is 12.3. The normalized spacial score (nSPS) is 12.0. The van der Waals surface area contributed by atoms with E-state index in [9.17, 15) is 4.79 Å². The minimum Gasteiger partial charge on any atom is -0.495 e. The summed E-state index contributed by atoms with van der Waals surface area (Å²) in [6.45, 7) is 4.46. The molecular weight excluding hydrogens is 324 g/mol. The summed E-state index contributed by atoms with van der Waals surface area (Å²) in [5, 5.41) is 6.70. The summed E-state index contributed by atoms with van der Waals surface area (Å²) >= 11 is 5.98. The smallest absolute Gasteiger partial charge is 0.238 e. The summed E-state index contributed by atoms with van der Waals surface area (Å²) in [6.07, 6.45) is 0. The molecule has 2 aromatic carbocycles. The molecule has 0 aliphatic rings. The molecule has 128 valence electrons. The number of hydrogen-bond acceptors (Lipinski definition) is 3. The van der Waals surface area contributed by atoms with E-state index in [0.717, 1.165) is 0 Å². The maximum absolute atomic E-state index is 12.3. The van der Waals surface area contributed by atoms with Gasteiger partial charge in [0.1, 0.15) is 5.75 Å². The molecule has 0 aromatic heterocycles. The quantitative estimate of drug-likeness (QED) is 0.787. The number of methoxy groups -OCH3 is 1.